The summed E-state index contributed by atoms with van der Waals surface area (Å²) in [6.45, 7) is 4.43. The molecular formula is C25H23N3O3S. The molecule has 2 aromatic carbocycles. The predicted octanol–water partition coefficient (Wildman–Crippen LogP) is 4.83. The number of para-hydroxylation sites is 1. The van der Waals surface area contributed by atoms with Gasteiger partial charge in [0.1, 0.15) is 6.54 Å². The summed E-state index contributed by atoms with van der Waals surface area (Å²) in [7, 11) is 0. The van der Waals surface area contributed by atoms with Crippen LogP contribution in [0.5, 0.6) is 0 Å². The minimum absolute atomic E-state index is 0.316. The minimum Gasteiger partial charge on any atom is -0.344 e. The number of nitrogens with one attached hydrogen (secondary N) is 1. The molecule has 0 radical (unpaired) electrons. The second kappa shape index (κ2) is 9.28. The van der Waals surface area contributed by atoms with Crippen molar-refractivity contribution in [3.8, 4) is 0 Å². The maximum absolute atomic E-state index is 12.8. The zero-order valence-electron chi connectivity index (χ0n) is 17.9. The number of imide groups is 1. The molecule has 0 unspecified atom stereocenters. The zero-order chi connectivity index (χ0) is 22.7. The van der Waals surface area contributed by atoms with Crippen LogP contribution in [0.1, 0.15) is 22.5 Å². The Kier molecular flexibility index (Phi) is 6.28. The molecule has 0 spiro atoms. The highest BCUT2D eigenvalue weighted by atomic mass is 32.2. The van der Waals surface area contributed by atoms with Gasteiger partial charge in [-0.15, -0.1) is 0 Å². The summed E-state index contributed by atoms with van der Waals surface area (Å²) in [6.07, 6.45) is 1.74. The molecule has 0 saturated carbocycles. The lowest BCUT2D eigenvalue weighted by Gasteiger charge is -2.12. The first-order chi connectivity index (χ1) is 15.4. The van der Waals surface area contributed by atoms with Crippen LogP contribution < -0.4 is 5.32 Å². The lowest BCUT2D eigenvalue weighted by atomic mass is 10.2. The molecule has 162 valence electrons. The van der Waals surface area contributed by atoms with Gasteiger partial charge in [-0.1, -0.05) is 48.5 Å². The van der Waals surface area contributed by atoms with Crippen LogP contribution in [0, 0.1) is 13.8 Å². The van der Waals surface area contributed by atoms with Crippen LogP contribution in [0.4, 0.5) is 10.5 Å². The van der Waals surface area contributed by atoms with Crippen molar-refractivity contribution in [3.05, 3.63) is 94.1 Å². The van der Waals surface area contributed by atoms with Gasteiger partial charge in [-0.3, -0.25) is 19.3 Å². The monoisotopic (exact) mass is 445 g/mol. The van der Waals surface area contributed by atoms with Crippen molar-refractivity contribution in [3.63, 3.8) is 0 Å². The SMILES string of the molecule is Cc1cc(/C=C2\SC(=O)N(CC(=O)Nc3ccccc3)C2=O)c(C)n1Cc1ccccc1. The van der Waals surface area contributed by atoms with Gasteiger partial charge in [0.2, 0.25) is 5.91 Å². The van der Waals surface area contributed by atoms with E-state index < -0.39 is 17.1 Å². The van der Waals surface area contributed by atoms with Crippen LogP contribution in [0.25, 0.3) is 6.08 Å². The van der Waals surface area contributed by atoms with Crippen molar-refractivity contribution in [1.82, 2.24) is 9.47 Å². The molecule has 0 atom stereocenters. The van der Waals surface area contributed by atoms with E-state index in [1.807, 2.05) is 44.2 Å². The first-order valence-electron chi connectivity index (χ1n) is 10.2. The number of rotatable bonds is 6. The summed E-state index contributed by atoms with van der Waals surface area (Å²) < 4.78 is 2.18. The average molecular weight is 446 g/mol. The van der Waals surface area contributed by atoms with Crippen molar-refractivity contribution in [2.24, 2.45) is 0 Å². The molecule has 1 fully saturated rings. The van der Waals surface area contributed by atoms with Gasteiger partial charge in [0.25, 0.3) is 11.1 Å². The maximum atomic E-state index is 12.8. The van der Waals surface area contributed by atoms with E-state index in [1.54, 1.807) is 30.3 Å². The maximum Gasteiger partial charge on any atom is 0.294 e. The van der Waals surface area contributed by atoms with Gasteiger partial charge in [-0.25, -0.2) is 0 Å². The Morgan fingerprint density at radius 1 is 1.00 bits per heavy atom. The van der Waals surface area contributed by atoms with Gasteiger partial charge in [0.05, 0.1) is 4.91 Å². The van der Waals surface area contributed by atoms with E-state index in [4.69, 9.17) is 0 Å². The quantitative estimate of drug-likeness (QED) is 0.552. The molecule has 2 heterocycles. The highest BCUT2D eigenvalue weighted by Gasteiger charge is 2.36. The van der Waals surface area contributed by atoms with Crippen molar-refractivity contribution in [2.75, 3.05) is 11.9 Å². The molecule has 1 aromatic heterocycles. The average Bonchev–Trinajstić information content (AvgIpc) is 3.19. The third-order valence-electron chi connectivity index (χ3n) is 5.32. The molecule has 7 heteroatoms. The standard InChI is InChI=1S/C25H23N3O3S/c1-17-13-20(18(2)27(17)15-19-9-5-3-6-10-19)14-22-24(30)28(25(31)32-22)16-23(29)26-21-11-7-4-8-12-21/h3-14H,15-16H2,1-2H3,(H,26,29)/b22-14-. The van der Waals surface area contributed by atoms with Crippen molar-refractivity contribution in [1.29, 1.82) is 0 Å². The van der Waals surface area contributed by atoms with Crippen LogP contribution in [-0.2, 0) is 16.1 Å². The lowest BCUT2D eigenvalue weighted by molar-refractivity contribution is -0.127. The Morgan fingerprint density at radius 2 is 1.66 bits per heavy atom. The Hall–Kier alpha value is -3.58. The molecule has 3 amide bonds. The van der Waals surface area contributed by atoms with E-state index in [0.717, 1.165) is 40.2 Å². The minimum atomic E-state index is -0.448. The van der Waals surface area contributed by atoms with E-state index in [2.05, 4.69) is 22.0 Å². The van der Waals surface area contributed by atoms with Crippen molar-refractivity contribution >= 4 is 40.6 Å². The molecule has 1 saturated heterocycles. The van der Waals surface area contributed by atoms with E-state index in [0.29, 0.717) is 10.6 Å². The number of hydrogen-bond acceptors (Lipinski definition) is 4. The Balaban J connectivity index is 1.49. The Bertz CT molecular complexity index is 1200. The molecule has 3 aromatic rings. The summed E-state index contributed by atoms with van der Waals surface area (Å²) >= 11 is 0.862. The van der Waals surface area contributed by atoms with Crippen molar-refractivity contribution in [2.45, 2.75) is 20.4 Å². The molecule has 1 aliphatic heterocycles. The van der Waals surface area contributed by atoms with Crippen LogP contribution >= 0.6 is 11.8 Å². The summed E-state index contributed by atoms with van der Waals surface area (Å²) in [5, 5.41) is 2.26. The highest BCUT2D eigenvalue weighted by Crippen LogP contribution is 2.33. The van der Waals surface area contributed by atoms with E-state index in [9.17, 15) is 14.4 Å². The summed E-state index contributed by atoms with van der Waals surface area (Å²) in [4.78, 5) is 38.9. The second-order valence-electron chi connectivity index (χ2n) is 7.58. The summed E-state index contributed by atoms with van der Waals surface area (Å²) in [5.41, 5.74) is 4.77. The van der Waals surface area contributed by atoms with E-state index in [-0.39, 0.29) is 6.54 Å². The number of hydrogen-bond donors (Lipinski definition) is 1. The third-order valence-corrected chi connectivity index (χ3v) is 6.22. The highest BCUT2D eigenvalue weighted by molar-refractivity contribution is 8.18. The van der Waals surface area contributed by atoms with Gasteiger partial charge >= 0.3 is 0 Å². The molecule has 0 bridgehead atoms. The molecule has 32 heavy (non-hydrogen) atoms. The third kappa shape index (κ3) is 4.68. The number of nitrogens with zero attached hydrogens (tertiary/aromatic N) is 2. The van der Waals surface area contributed by atoms with Crippen LogP contribution in [0.2, 0.25) is 0 Å². The number of benzene rings is 2. The first kappa shape index (κ1) is 21.6. The van der Waals surface area contributed by atoms with Crippen LogP contribution in [-0.4, -0.2) is 33.1 Å². The fourth-order valence-electron chi connectivity index (χ4n) is 3.63. The molecule has 4 rings (SSSR count). The summed E-state index contributed by atoms with van der Waals surface area (Å²) in [5.74, 6) is -0.864. The number of aromatic nitrogens is 1. The van der Waals surface area contributed by atoms with Gasteiger partial charge in [-0.05, 0) is 61.0 Å². The van der Waals surface area contributed by atoms with Gasteiger partial charge in [-0.2, -0.15) is 0 Å². The zero-order valence-corrected chi connectivity index (χ0v) is 18.7. The predicted molar refractivity (Wildman–Crippen MR) is 127 cm³/mol. The largest absolute Gasteiger partial charge is 0.344 e. The summed E-state index contributed by atoms with van der Waals surface area (Å²) in [6, 6.07) is 21.1. The number of carbonyl (C=O) groups excluding carboxylic acids is 3. The molecular weight excluding hydrogens is 422 g/mol. The fraction of sp³-hybridized carbons (Fsp3) is 0.160. The number of aryl methyl sites for hydroxylation is 1. The first-order valence-corrected chi connectivity index (χ1v) is 11.0. The molecule has 0 aliphatic carbocycles. The Morgan fingerprint density at radius 3 is 2.34 bits per heavy atom. The van der Waals surface area contributed by atoms with E-state index >= 15 is 0 Å². The number of thioether (sulfide) groups is 1. The molecule has 6 nitrogen and oxygen atoms in total. The number of anilines is 1. The topological polar surface area (TPSA) is 71.4 Å². The fourth-order valence-corrected chi connectivity index (χ4v) is 4.46. The van der Waals surface area contributed by atoms with E-state index in [1.165, 1.54) is 5.56 Å². The van der Waals surface area contributed by atoms with Crippen molar-refractivity contribution < 1.29 is 14.4 Å². The van der Waals surface area contributed by atoms with Crippen LogP contribution in [0.15, 0.2) is 71.6 Å². The van der Waals surface area contributed by atoms with Gasteiger partial charge in [0, 0.05) is 23.6 Å². The van der Waals surface area contributed by atoms with Gasteiger partial charge < -0.3 is 9.88 Å². The molecule has 1 N–H and O–H groups in total. The molecule has 1 aliphatic rings. The lowest BCUT2D eigenvalue weighted by Crippen LogP contribution is -2.36. The second-order valence-corrected chi connectivity index (χ2v) is 8.57. The van der Waals surface area contributed by atoms with Crippen LogP contribution in [0.3, 0.4) is 0 Å². The smallest absolute Gasteiger partial charge is 0.294 e. The normalized spacial score (nSPS) is 14.9. The van der Waals surface area contributed by atoms with Gasteiger partial charge in [0.15, 0.2) is 0 Å². The number of amides is 3. The number of carbonyl (C=O) groups is 3. The Labute approximate surface area is 190 Å².